The topological polar surface area (TPSA) is 72.8 Å². The summed E-state index contributed by atoms with van der Waals surface area (Å²) in [4.78, 5) is 0.0561. The van der Waals surface area contributed by atoms with Crippen LogP contribution in [0.1, 0.15) is 24.5 Å². The molecular weight excluding hydrogens is 352 g/mol. The van der Waals surface area contributed by atoms with E-state index in [1.807, 2.05) is 37.3 Å². The lowest BCUT2D eigenvalue weighted by Crippen LogP contribution is -2.17. The third-order valence-corrected chi connectivity index (χ3v) is 4.52. The summed E-state index contributed by atoms with van der Waals surface area (Å²) in [5, 5.41) is 9.11. The number of aryl methyl sites for hydroxylation is 1. The van der Waals surface area contributed by atoms with E-state index in [0.29, 0.717) is 13.2 Å². The van der Waals surface area contributed by atoms with Crippen molar-refractivity contribution in [1.29, 1.82) is 0 Å². The van der Waals surface area contributed by atoms with Gasteiger partial charge in [0.15, 0.2) is 6.29 Å². The van der Waals surface area contributed by atoms with Gasteiger partial charge in [0.1, 0.15) is 6.61 Å². The van der Waals surface area contributed by atoms with Crippen LogP contribution in [0, 0.1) is 19.3 Å². The van der Waals surface area contributed by atoms with E-state index in [1.54, 1.807) is 19.1 Å². The second-order valence-corrected chi connectivity index (χ2v) is 6.98. The Morgan fingerprint density at radius 1 is 1.12 bits per heavy atom. The molecule has 1 atom stereocenters. The summed E-state index contributed by atoms with van der Waals surface area (Å²) in [6.45, 7) is 4.48. The van der Waals surface area contributed by atoms with Crippen molar-refractivity contribution in [2.24, 2.45) is 0 Å². The van der Waals surface area contributed by atoms with Crippen molar-refractivity contribution in [1.82, 2.24) is 0 Å². The number of rotatable bonds is 7. The smallest absolute Gasteiger partial charge is 0.299 e. The maximum absolute atomic E-state index is 11.5. The number of benzene rings is 2. The molecule has 0 fully saturated rings. The third kappa shape index (κ3) is 8.28. The van der Waals surface area contributed by atoms with Crippen molar-refractivity contribution in [2.45, 2.75) is 38.1 Å². The Balaban J connectivity index is 0.000000273. The molecule has 5 nitrogen and oxygen atoms in total. The van der Waals surface area contributed by atoms with E-state index in [-0.39, 0.29) is 11.3 Å². The van der Waals surface area contributed by atoms with Crippen LogP contribution >= 0.6 is 0 Å². The van der Waals surface area contributed by atoms with Gasteiger partial charge in [0.25, 0.3) is 10.1 Å². The van der Waals surface area contributed by atoms with Crippen LogP contribution in [0.3, 0.4) is 0 Å². The number of aliphatic hydroxyl groups excluding tert-OH is 1. The fraction of sp³-hybridized carbons (Fsp3) is 0.300. The van der Waals surface area contributed by atoms with Gasteiger partial charge in [-0.05, 0) is 31.0 Å². The van der Waals surface area contributed by atoms with Crippen molar-refractivity contribution in [2.75, 3.05) is 6.61 Å². The Labute approximate surface area is 155 Å². The first-order chi connectivity index (χ1) is 12.4. The molecule has 2 aromatic rings. The van der Waals surface area contributed by atoms with Gasteiger partial charge in [-0.25, -0.2) is 4.18 Å². The van der Waals surface area contributed by atoms with Gasteiger partial charge in [-0.15, -0.1) is 6.42 Å². The first kappa shape index (κ1) is 21.9. The predicted octanol–water partition coefficient (Wildman–Crippen LogP) is 3.27. The van der Waals surface area contributed by atoms with Crippen LogP contribution in [0.15, 0.2) is 59.5 Å². The van der Waals surface area contributed by atoms with E-state index in [0.717, 1.165) is 11.1 Å². The Morgan fingerprint density at radius 2 is 1.73 bits per heavy atom. The molecule has 0 amide bonds. The van der Waals surface area contributed by atoms with Crippen molar-refractivity contribution in [3.8, 4) is 12.3 Å². The SMILES string of the molecule is C#CCOCc1ccccc1.CCC(O)OS(=O)(=O)c1ccc(C)cc1. The fourth-order valence-corrected chi connectivity index (χ4v) is 2.79. The highest BCUT2D eigenvalue weighted by Crippen LogP contribution is 2.15. The number of aliphatic hydroxyl groups is 1. The number of hydrogen-bond donors (Lipinski definition) is 1. The molecule has 0 aliphatic rings. The molecule has 0 saturated carbocycles. The van der Waals surface area contributed by atoms with E-state index in [4.69, 9.17) is 16.3 Å². The molecule has 1 unspecified atom stereocenters. The van der Waals surface area contributed by atoms with E-state index < -0.39 is 16.4 Å². The van der Waals surface area contributed by atoms with E-state index in [9.17, 15) is 8.42 Å². The van der Waals surface area contributed by atoms with Gasteiger partial charge >= 0.3 is 0 Å². The molecule has 1 N–H and O–H groups in total. The molecule has 0 aromatic heterocycles. The molecule has 140 valence electrons. The lowest BCUT2D eigenvalue weighted by atomic mass is 10.2. The molecule has 0 heterocycles. The summed E-state index contributed by atoms with van der Waals surface area (Å²) in [5.41, 5.74) is 2.12. The van der Waals surface area contributed by atoms with Gasteiger partial charge in [0, 0.05) is 0 Å². The normalized spacial score (nSPS) is 11.8. The second-order valence-electron chi connectivity index (χ2n) is 5.41. The van der Waals surface area contributed by atoms with Crippen molar-refractivity contribution in [3.05, 3.63) is 65.7 Å². The highest BCUT2D eigenvalue weighted by atomic mass is 32.2. The van der Waals surface area contributed by atoms with Crippen LogP contribution < -0.4 is 0 Å². The largest absolute Gasteiger partial charge is 0.367 e. The highest BCUT2D eigenvalue weighted by Gasteiger charge is 2.18. The Bertz CT molecular complexity index is 777. The van der Waals surface area contributed by atoms with Crippen LogP contribution in [0.2, 0.25) is 0 Å². The summed E-state index contributed by atoms with van der Waals surface area (Å²) in [7, 11) is -3.84. The molecule has 0 saturated heterocycles. The third-order valence-electron chi connectivity index (χ3n) is 3.19. The van der Waals surface area contributed by atoms with Crippen molar-refractivity contribution in [3.63, 3.8) is 0 Å². The minimum Gasteiger partial charge on any atom is -0.367 e. The first-order valence-corrected chi connectivity index (χ1v) is 9.53. The summed E-state index contributed by atoms with van der Waals surface area (Å²) < 4.78 is 32.7. The quantitative estimate of drug-likeness (QED) is 0.347. The average Bonchev–Trinajstić information content (AvgIpc) is 2.63. The number of hydrogen-bond acceptors (Lipinski definition) is 5. The van der Waals surface area contributed by atoms with Gasteiger partial charge in [0.05, 0.1) is 11.5 Å². The van der Waals surface area contributed by atoms with Crippen molar-refractivity contribution < 1.29 is 22.4 Å². The van der Waals surface area contributed by atoms with Crippen LogP contribution in [0.4, 0.5) is 0 Å². The Morgan fingerprint density at radius 3 is 2.27 bits per heavy atom. The number of terminal acetylenes is 1. The molecule has 6 heteroatoms. The molecule has 2 rings (SSSR count). The fourth-order valence-electron chi connectivity index (χ4n) is 1.78. The van der Waals surface area contributed by atoms with Crippen molar-refractivity contribution >= 4 is 10.1 Å². The van der Waals surface area contributed by atoms with Gasteiger partial charge in [-0.2, -0.15) is 8.42 Å². The number of ether oxygens (including phenoxy) is 1. The van der Waals surface area contributed by atoms with Gasteiger partial charge in [0.2, 0.25) is 0 Å². The van der Waals surface area contributed by atoms with E-state index in [2.05, 4.69) is 10.1 Å². The average molecular weight is 376 g/mol. The van der Waals surface area contributed by atoms with Crippen LogP contribution in [-0.4, -0.2) is 26.4 Å². The zero-order chi connectivity index (χ0) is 19.4. The van der Waals surface area contributed by atoms with Gasteiger partial charge in [-0.1, -0.05) is 60.9 Å². The summed E-state index contributed by atoms with van der Waals surface area (Å²) >= 11 is 0. The molecule has 0 aliphatic heterocycles. The zero-order valence-corrected chi connectivity index (χ0v) is 15.8. The summed E-state index contributed by atoms with van der Waals surface area (Å²) in [5.74, 6) is 2.42. The minimum atomic E-state index is -3.84. The lowest BCUT2D eigenvalue weighted by Gasteiger charge is -2.09. The summed E-state index contributed by atoms with van der Waals surface area (Å²) in [6, 6.07) is 16.2. The van der Waals surface area contributed by atoms with Crippen LogP contribution in [0.5, 0.6) is 0 Å². The van der Waals surface area contributed by atoms with Gasteiger partial charge < -0.3 is 9.84 Å². The molecule has 0 aliphatic carbocycles. The lowest BCUT2D eigenvalue weighted by molar-refractivity contribution is -0.0137. The maximum atomic E-state index is 11.5. The predicted molar refractivity (Wildman–Crippen MR) is 101 cm³/mol. The van der Waals surface area contributed by atoms with E-state index >= 15 is 0 Å². The second kappa shape index (κ2) is 11.4. The standard InChI is InChI=1S/C10H14O4S.C10H10O/c1-3-10(11)14-15(12,13)9-6-4-8(2)5-7-9;1-2-8-11-9-10-6-4-3-5-7-10/h4-7,10-11H,3H2,1-2H3;1,3-7H,8-9H2. The first-order valence-electron chi connectivity index (χ1n) is 8.12. The molecular formula is C20H24O5S. The minimum absolute atomic E-state index is 0.0561. The zero-order valence-electron chi connectivity index (χ0n) is 15.0. The molecule has 2 aromatic carbocycles. The van der Waals surface area contributed by atoms with Crippen LogP contribution in [-0.2, 0) is 25.6 Å². The monoisotopic (exact) mass is 376 g/mol. The van der Waals surface area contributed by atoms with Crippen LogP contribution in [0.25, 0.3) is 0 Å². The highest BCUT2D eigenvalue weighted by molar-refractivity contribution is 7.86. The van der Waals surface area contributed by atoms with E-state index in [1.165, 1.54) is 12.1 Å². The Hall–Kier alpha value is -2.17. The molecule has 0 radical (unpaired) electrons. The molecule has 0 bridgehead atoms. The summed E-state index contributed by atoms with van der Waals surface area (Å²) in [6.07, 6.45) is 3.96. The van der Waals surface area contributed by atoms with Gasteiger partial charge in [-0.3, -0.25) is 0 Å². The molecule has 0 spiro atoms. The molecule has 26 heavy (non-hydrogen) atoms. The Kier molecular flexibility index (Phi) is 9.63. The maximum Gasteiger partial charge on any atom is 0.299 e.